The van der Waals surface area contributed by atoms with Gasteiger partial charge in [-0.2, -0.15) is 0 Å². The molecule has 1 aromatic carbocycles. The van der Waals surface area contributed by atoms with Gasteiger partial charge in [0, 0.05) is 12.1 Å². The SMILES string of the molecule is NC(=O)CCOc1ccc([N+](=O)[O-])cc1C(=O)O. The highest BCUT2D eigenvalue weighted by molar-refractivity contribution is 5.91. The van der Waals surface area contributed by atoms with Gasteiger partial charge in [0.1, 0.15) is 11.3 Å². The fraction of sp³-hybridized carbons (Fsp3) is 0.200. The van der Waals surface area contributed by atoms with E-state index < -0.39 is 16.8 Å². The van der Waals surface area contributed by atoms with E-state index in [0.717, 1.165) is 12.1 Å². The van der Waals surface area contributed by atoms with Crippen LogP contribution in [0.4, 0.5) is 5.69 Å². The van der Waals surface area contributed by atoms with Crippen molar-refractivity contribution in [3.63, 3.8) is 0 Å². The summed E-state index contributed by atoms with van der Waals surface area (Å²) in [6.45, 7) is -0.0899. The van der Waals surface area contributed by atoms with Crippen molar-refractivity contribution in [2.45, 2.75) is 6.42 Å². The molecule has 0 heterocycles. The Morgan fingerprint density at radius 3 is 2.61 bits per heavy atom. The van der Waals surface area contributed by atoms with Gasteiger partial charge in [-0.3, -0.25) is 14.9 Å². The highest BCUT2D eigenvalue weighted by Gasteiger charge is 2.17. The fourth-order valence-corrected chi connectivity index (χ4v) is 1.19. The highest BCUT2D eigenvalue weighted by atomic mass is 16.6. The summed E-state index contributed by atoms with van der Waals surface area (Å²) in [5, 5.41) is 19.4. The van der Waals surface area contributed by atoms with Gasteiger partial charge < -0.3 is 15.6 Å². The van der Waals surface area contributed by atoms with Crippen LogP contribution in [0.1, 0.15) is 16.8 Å². The molecule has 0 atom stereocenters. The van der Waals surface area contributed by atoms with Gasteiger partial charge in [0.2, 0.25) is 5.91 Å². The second-order valence-corrected chi connectivity index (χ2v) is 3.31. The normalized spacial score (nSPS) is 9.78. The number of nitrogens with zero attached hydrogens (tertiary/aromatic N) is 1. The molecule has 0 aliphatic carbocycles. The molecule has 8 nitrogen and oxygen atoms in total. The zero-order chi connectivity index (χ0) is 13.7. The van der Waals surface area contributed by atoms with E-state index in [1.165, 1.54) is 6.07 Å². The summed E-state index contributed by atoms with van der Waals surface area (Å²) in [4.78, 5) is 31.2. The van der Waals surface area contributed by atoms with Crippen LogP contribution in [-0.2, 0) is 4.79 Å². The third-order valence-corrected chi connectivity index (χ3v) is 2.01. The molecule has 0 aromatic heterocycles. The summed E-state index contributed by atoms with van der Waals surface area (Å²) in [6, 6.07) is 3.18. The van der Waals surface area contributed by atoms with Gasteiger partial charge in [0.05, 0.1) is 18.0 Å². The molecule has 96 valence electrons. The Labute approximate surface area is 101 Å². The molecule has 1 amide bonds. The number of rotatable bonds is 6. The van der Waals surface area contributed by atoms with E-state index >= 15 is 0 Å². The van der Waals surface area contributed by atoms with Crippen molar-refractivity contribution in [2.75, 3.05) is 6.61 Å². The number of carbonyl (C=O) groups is 2. The zero-order valence-electron chi connectivity index (χ0n) is 9.16. The number of primary amides is 1. The predicted octanol–water partition coefficient (Wildman–Crippen LogP) is 0.547. The van der Waals surface area contributed by atoms with Gasteiger partial charge in [0.15, 0.2) is 0 Å². The minimum Gasteiger partial charge on any atom is -0.492 e. The topological polar surface area (TPSA) is 133 Å². The molecule has 1 rings (SSSR count). The first kappa shape index (κ1) is 13.4. The number of nitro groups is 1. The van der Waals surface area contributed by atoms with Crippen LogP contribution in [0.5, 0.6) is 5.75 Å². The minimum atomic E-state index is -1.35. The molecule has 0 spiro atoms. The average Bonchev–Trinajstić information content (AvgIpc) is 2.28. The lowest BCUT2D eigenvalue weighted by atomic mass is 10.2. The Kier molecular flexibility index (Phi) is 4.19. The molecule has 3 N–H and O–H groups in total. The van der Waals surface area contributed by atoms with Crippen LogP contribution in [0, 0.1) is 10.1 Å². The monoisotopic (exact) mass is 254 g/mol. The maximum atomic E-state index is 10.9. The number of non-ortho nitro benzene ring substituents is 1. The fourth-order valence-electron chi connectivity index (χ4n) is 1.19. The number of nitrogens with two attached hydrogens (primary N) is 1. The lowest BCUT2D eigenvalue weighted by molar-refractivity contribution is -0.384. The maximum Gasteiger partial charge on any atom is 0.339 e. The molecule has 0 saturated carbocycles. The van der Waals surface area contributed by atoms with Crippen LogP contribution in [0.15, 0.2) is 18.2 Å². The van der Waals surface area contributed by atoms with Crippen molar-refractivity contribution in [3.8, 4) is 5.75 Å². The van der Waals surface area contributed by atoms with Crippen LogP contribution < -0.4 is 10.5 Å². The quantitative estimate of drug-likeness (QED) is 0.562. The number of hydrogen-bond donors (Lipinski definition) is 2. The van der Waals surface area contributed by atoms with E-state index in [0.29, 0.717) is 0 Å². The van der Waals surface area contributed by atoms with Crippen LogP contribution in [0.25, 0.3) is 0 Å². The number of carboxylic acid groups (broad SMARTS) is 1. The molecule has 0 bridgehead atoms. The first-order valence-electron chi connectivity index (χ1n) is 4.84. The van der Waals surface area contributed by atoms with Gasteiger partial charge >= 0.3 is 5.97 Å². The van der Waals surface area contributed by atoms with Crippen LogP contribution in [-0.4, -0.2) is 28.5 Å². The Morgan fingerprint density at radius 1 is 1.44 bits per heavy atom. The van der Waals surface area contributed by atoms with Crippen LogP contribution >= 0.6 is 0 Å². The number of hydrogen-bond acceptors (Lipinski definition) is 5. The second-order valence-electron chi connectivity index (χ2n) is 3.31. The second kappa shape index (κ2) is 5.62. The summed E-state index contributed by atoms with van der Waals surface area (Å²) in [5.74, 6) is -1.99. The number of nitro benzene ring substituents is 1. The van der Waals surface area contributed by atoms with Crippen LogP contribution in [0.3, 0.4) is 0 Å². The number of amides is 1. The largest absolute Gasteiger partial charge is 0.492 e. The third-order valence-electron chi connectivity index (χ3n) is 2.01. The zero-order valence-corrected chi connectivity index (χ0v) is 9.16. The lowest BCUT2D eigenvalue weighted by Gasteiger charge is -2.07. The van der Waals surface area contributed by atoms with E-state index in [9.17, 15) is 19.7 Å². The van der Waals surface area contributed by atoms with E-state index in [1.54, 1.807) is 0 Å². The van der Waals surface area contributed by atoms with E-state index in [2.05, 4.69) is 0 Å². The summed E-state index contributed by atoms with van der Waals surface area (Å²) in [6.07, 6.45) is -0.0734. The molecule has 0 aliphatic heterocycles. The van der Waals surface area contributed by atoms with E-state index in [4.69, 9.17) is 15.6 Å². The molecule has 0 unspecified atom stereocenters. The van der Waals surface area contributed by atoms with Gasteiger partial charge in [0.25, 0.3) is 5.69 Å². The lowest BCUT2D eigenvalue weighted by Crippen LogP contribution is -2.15. The smallest absolute Gasteiger partial charge is 0.339 e. The van der Waals surface area contributed by atoms with Gasteiger partial charge in [-0.1, -0.05) is 0 Å². The average molecular weight is 254 g/mol. The van der Waals surface area contributed by atoms with E-state index in [1.807, 2.05) is 0 Å². The number of ether oxygens (including phenoxy) is 1. The van der Waals surface area contributed by atoms with Crippen molar-refractivity contribution in [1.82, 2.24) is 0 Å². The maximum absolute atomic E-state index is 10.9. The number of carbonyl (C=O) groups excluding carboxylic acids is 1. The minimum absolute atomic E-state index is 0.0469. The third kappa shape index (κ3) is 3.44. The summed E-state index contributed by atoms with van der Waals surface area (Å²) in [7, 11) is 0. The predicted molar refractivity (Wildman–Crippen MR) is 59.4 cm³/mol. The number of benzene rings is 1. The van der Waals surface area contributed by atoms with Crippen LogP contribution in [0.2, 0.25) is 0 Å². The molecule has 8 heteroatoms. The summed E-state index contributed by atoms with van der Waals surface area (Å²) >= 11 is 0. The molecule has 0 saturated heterocycles. The van der Waals surface area contributed by atoms with Crippen molar-refractivity contribution >= 4 is 17.6 Å². The van der Waals surface area contributed by atoms with Crippen molar-refractivity contribution in [1.29, 1.82) is 0 Å². The molecule has 18 heavy (non-hydrogen) atoms. The van der Waals surface area contributed by atoms with Gasteiger partial charge in [-0.25, -0.2) is 4.79 Å². The summed E-state index contributed by atoms with van der Waals surface area (Å²) < 4.78 is 5.04. The summed E-state index contributed by atoms with van der Waals surface area (Å²) in [5.41, 5.74) is 4.20. The van der Waals surface area contributed by atoms with E-state index in [-0.39, 0.29) is 30.0 Å². The molecular formula is C10H10N2O6. The molecule has 0 radical (unpaired) electrons. The molecule has 0 fully saturated rings. The number of aromatic carboxylic acids is 1. The highest BCUT2D eigenvalue weighted by Crippen LogP contribution is 2.24. The number of carboxylic acids is 1. The molecule has 1 aromatic rings. The van der Waals surface area contributed by atoms with Gasteiger partial charge in [-0.05, 0) is 6.07 Å². The Bertz CT molecular complexity index is 499. The van der Waals surface area contributed by atoms with Crippen molar-refractivity contribution in [3.05, 3.63) is 33.9 Å². The van der Waals surface area contributed by atoms with Gasteiger partial charge in [-0.15, -0.1) is 0 Å². The Morgan fingerprint density at radius 2 is 2.11 bits per heavy atom. The molecule has 0 aliphatic rings. The van der Waals surface area contributed by atoms with Crippen molar-refractivity contribution < 1.29 is 24.4 Å². The first-order chi connectivity index (χ1) is 8.41. The standard InChI is InChI=1S/C10H10N2O6/c11-9(13)3-4-18-8-2-1-6(12(16)17)5-7(8)10(14)15/h1-2,5H,3-4H2,(H2,11,13)(H,14,15). The Balaban J connectivity index is 2.93. The first-order valence-corrected chi connectivity index (χ1v) is 4.84. The van der Waals surface area contributed by atoms with Crippen molar-refractivity contribution in [2.24, 2.45) is 5.73 Å². The molecular weight excluding hydrogens is 244 g/mol. The Hall–Kier alpha value is -2.64.